The monoisotopic (exact) mass is 362 g/mol. The molecule has 25 heavy (non-hydrogen) atoms. The first kappa shape index (κ1) is 17.2. The van der Waals surface area contributed by atoms with E-state index in [2.05, 4.69) is 0 Å². The summed E-state index contributed by atoms with van der Waals surface area (Å²) in [7, 11) is 0.928. The number of oxazole rings is 1. The minimum atomic E-state index is -3.72. The van der Waals surface area contributed by atoms with E-state index in [1.54, 1.807) is 32.4 Å². The Morgan fingerprint density at radius 2 is 1.84 bits per heavy atom. The van der Waals surface area contributed by atoms with Gasteiger partial charge in [-0.25, -0.2) is 13.2 Å². The maximum absolute atomic E-state index is 12.8. The van der Waals surface area contributed by atoms with Crippen molar-refractivity contribution in [1.82, 2.24) is 8.87 Å². The molecule has 0 saturated heterocycles. The number of aromatic nitrogens is 1. The first-order valence-electron chi connectivity index (χ1n) is 7.52. The number of sulfonamides is 1. The highest BCUT2D eigenvalue weighted by Crippen LogP contribution is 2.22. The molecule has 1 aromatic heterocycles. The lowest BCUT2D eigenvalue weighted by Crippen LogP contribution is -2.26. The number of ether oxygens (including phenoxy) is 1. The number of hydrogen-bond donors (Lipinski definition) is 0. The first-order valence-corrected chi connectivity index (χ1v) is 8.96. The van der Waals surface area contributed by atoms with Gasteiger partial charge in [-0.1, -0.05) is 12.1 Å². The summed E-state index contributed by atoms with van der Waals surface area (Å²) >= 11 is 0. The van der Waals surface area contributed by atoms with E-state index in [1.165, 1.54) is 28.1 Å². The van der Waals surface area contributed by atoms with E-state index in [4.69, 9.17) is 9.15 Å². The quantitative estimate of drug-likeness (QED) is 0.693. The Kier molecular flexibility index (Phi) is 4.40. The third-order valence-corrected chi connectivity index (χ3v) is 5.84. The molecule has 0 fully saturated rings. The molecule has 0 aliphatic carbocycles. The molecule has 1 heterocycles. The van der Waals surface area contributed by atoms with Crippen molar-refractivity contribution in [2.24, 2.45) is 7.05 Å². The molecule has 0 spiro atoms. The topological polar surface area (TPSA) is 81.8 Å². The van der Waals surface area contributed by atoms with E-state index in [9.17, 15) is 13.2 Å². The molecule has 3 rings (SSSR count). The van der Waals surface area contributed by atoms with Gasteiger partial charge in [0.05, 0.1) is 17.5 Å². The van der Waals surface area contributed by atoms with Crippen LogP contribution in [0.4, 0.5) is 0 Å². The first-order chi connectivity index (χ1) is 11.8. The number of aryl methyl sites for hydroxylation is 1. The Morgan fingerprint density at radius 1 is 1.16 bits per heavy atom. The summed E-state index contributed by atoms with van der Waals surface area (Å²) in [5, 5.41) is 0. The normalized spacial score (nSPS) is 12.0. The number of rotatable bonds is 5. The summed E-state index contributed by atoms with van der Waals surface area (Å²) in [6.45, 7) is 0.211. The van der Waals surface area contributed by atoms with Crippen LogP contribution >= 0.6 is 0 Å². The van der Waals surface area contributed by atoms with Crippen LogP contribution in [-0.4, -0.2) is 31.4 Å². The van der Waals surface area contributed by atoms with E-state index in [-0.39, 0.29) is 17.0 Å². The second-order valence-electron chi connectivity index (χ2n) is 5.67. The van der Waals surface area contributed by atoms with Crippen molar-refractivity contribution in [1.29, 1.82) is 0 Å². The lowest BCUT2D eigenvalue weighted by atomic mass is 10.2. The molecule has 0 unspecified atom stereocenters. The molecule has 0 saturated carbocycles. The second-order valence-corrected chi connectivity index (χ2v) is 7.71. The van der Waals surface area contributed by atoms with Crippen molar-refractivity contribution in [3.05, 3.63) is 58.6 Å². The van der Waals surface area contributed by atoms with Gasteiger partial charge in [0.2, 0.25) is 10.0 Å². The predicted octanol–water partition coefficient (Wildman–Crippen LogP) is 1.96. The van der Waals surface area contributed by atoms with Crippen LogP contribution < -0.4 is 10.5 Å². The van der Waals surface area contributed by atoms with Gasteiger partial charge in [-0.2, -0.15) is 4.31 Å². The number of hydrogen-bond acceptors (Lipinski definition) is 5. The third kappa shape index (κ3) is 3.18. The van der Waals surface area contributed by atoms with Gasteiger partial charge in [0.15, 0.2) is 5.58 Å². The molecular formula is C17H18N2O5S. The zero-order valence-electron chi connectivity index (χ0n) is 14.1. The summed E-state index contributed by atoms with van der Waals surface area (Å²) in [5.74, 6) is 0.176. The SMILES string of the molecule is COc1ccc(CN(C)S(=O)(=O)c2ccc3c(c2)oc(=O)n3C)cc1. The number of nitrogens with zero attached hydrogens (tertiary/aromatic N) is 2. The van der Waals surface area contributed by atoms with E-state index in [0.717, 1.165) is 5.56 Å². The third-order valence-electron chi connectivity index (χ3n) is 4.04. The van der Waals surface area contributed by atoms with Crippen molar-refractivity contribution in [3.63, 3.8) is 0 Å². The Labute approximate surface area is 145 Å². The van der Waals surface area contributed by atoms with Gasteiger partial charge in [0, 0.05) is 26.7 Å². The minimum Gasteiger partial charge on any atom is -0.497 e. The van der Waals surface area contributed by atoms with Gasteiger partial charge < -0.3 is 9.15 Å². The maximum atomic E-state index is 12.8. The zero-order valence-corrected chi connectivity index (χ0v) is 14.9. The van der Waals surface area contributed by atoms with Crippen LogP contribution in [-0.2, 0) is 23.6 Å². The Hall–Kier alpha value is -2.58. The average molecular weight is 362 g/mol. The molecule has 7 nitrogen and oxygen atoms in total. The molecule has 0 aliphatic rings. The summed E-state index contributed by atoms with van der Waals surface area (Å²) in [4.78, 5) is 11.6. The summed E-state index contributed by atoms with van der Waals surface area (Å²) in [5.41, 5.74) is 1.62. The van der Waals surface area contributed by atoms with Crippen LogP contribution in [0.3, 0.4) is 0 Å². The lowest BCUT2D eigenvalue weighted by Gasteiger charge is -2.17. The lowest BCUT2D eigenvalue weighted by molar-refractivity contribution is 0.414. The maximum Gasteiger partial charge on any atom is 0.419 e. The van der Waals surface area contributed by atoms with Crippen LogP contribution in [0.15, 0.2) is 56.6 Å². The van der Waals surface area contributed by atoms with Gasteiger partial charge >= 0.3 is 5.76 Å². The van der Waals surface area contributed by atoms with Crippen LogP contribution in [0.1, 0.15) is 5.56 Å². The van der Waals surface area contributed by atoms with E-state index in [0.29, 0.717) is 11.3 Å². The molecule has 0 radical (unpaired) electrons. The highest BCUT2D eigenvalue weighted by atomic mass is 32.2. The van der Waals surface area contributed by atoms with Crippen molar-refractivity contribution >= 4 is 21.1 Å². The van der Waals surface area contributed by atoms with Crippen LogP contribution in [0.5, 0.6) is 5.75 Å². The highest BCUT2D eigenvalue weighted by molar-refractivity contribution is 7.89. The molecule has 0 aliphatic heterocycles. The molecular weight excluding hydrogens is 344 g/mol. The van der Waals surface area contributed by atoms with Crippen LogP contribution in [0.25, 0.3) is 11.1 Å². The largest absolute Gasteiger partial charge is 0.497 e. The van der Waals surface area contributed by atoms with Crippen molar-refractivity contribution in [2.45, 2.75) is 11.4 Å². The van der Waals surface area contributed by atoms with Gasteiger partial charge in [-0.15, -0.1) is 0 Å². The van der Waals surface area contributed by atoms with Crippen LogP contribution in [0.2, 0.25) is 0 Å². The Balaban J connectivity index is 1.90. The standard InChI is InChI=1S/C17H18N2O5S/c1-18(11-12-4-6-13(23-3)7-5-12)25(21,22)14-8-9-15-16(10-14)24-17(20)19(15)2/h4-10H,11H2,1-3H3. The van der Waals surface area contributed by atoms with E-state index in [1.807, 2.05) is 12.1 Å². The molecule has 8 heteroatoms. The molecule has 0 N–H and O–H groups in total. The van der Waals surface area contributed by atoms with E-state index < -0.39 is 15.8 Å². The molecule has 0 amide bonds. The number of fused-ring (bicyclic) bond motifs is 1. The zero-order chi connectivity index (χ0) is 18.2. The summed E-state index contributed by atoms with van der Waals surface area (Å²) in [6.07, 6.45) is 0. The number of methoxy groups -OCH3 is 1. The fourth-order valence-corrected chi connectivity index (χ4v) is 3.70. The predicted molar refractivity (Wildman–Crippen MR) is 93.1 cm³/mol. The molecule has 0 bridgehead atoms. The van der Waals surface area contributed by atoms with Crippen LogP contribution in [0, 0.1) is 0 Å². The van der Waals surface area contributed by atoms with Gasteiger partial charge in [0.25, 0.3) is 0 Å². The van der Waals surface area contributed by atoms with Gasteiger partial charge in [-0.3, -0.25) is 4.57 Å². The van der Waals surface area contributed by atoms with Crippen molar-refractivity contribution < 1.29 is 17.6 Å². The fourth-order valence-electron chi connectivity index (χ4n) is 2.53. The van der Waals surface area contributed by atoms with Gasteiger partial charge in [0.1, 0.15) is 5.75 Å². The Morgan fingerprint density at radius 3 is 2.48 bits per heavy atom. The minimum absolute atomic E-state index is 0.0744. The van der Waals surface area contributed by atoms with Gasteiger partial charge in [-0.05, 0) is 29.8 Å². The molecule has 132 valence electrons. The molecule has 0 atom stereocenters. The summed E-state index contributed by atoms with van der Waals surface area (Å²) < 4.78 is 38.3. The fraction of sp³-hybridized carbons (Fsp3) is 0.235. The van der Waals surface area contributed by atoms with E-state index >= 15 is 0 Å². The summed E-state index contributed by atoms with van der Waals surface area (Å²) in [6, 6.07) is 11.6. The molecule has 3 aromatic rings. The van der Waals surface area contributed by atoms with Crippen molar-refractivity contribution in [3.8, 4) is 5.75 Å². The highest BCUT2D eigenvalue weighted by Gasteiger charge is 2.22. The number of benzene rings is 2. The second kappa shape index (κ2) is 6.38. The Bertz CT molecular complexity index is 1060. The molecule has 2 aromatic carbocycles. The smallest absolute Gasteiger partial charge is 0.419 e. The van der Waals surface area contributed by atoms with Crippen molar-refractivity contribution in [2.75, 3.05) is 14.2 Å². The average Bonchev–Trinajstić information content (AvgIpc) is 2.89.